The van der Waals surface area contributed by atoms with Gasteiger partial charge in [-0.05, 0) is 30.2 Å². The zero-order valence-corrected chi connectivity index (χ0v) is 10.8. The van der Waals surface area contributed by atoms with Crippen molar-refractivity contribution in [3.8, 4) is 5.75 Å². The minimum atomic E-state index is -0.658. The lowest BCUT2D eigenvalue weighted by atomic mass is 9.97. The zero-order chi connectivity index (χ0) is 14.0. The molecule has 0 saturated carbocycles. The van der Waals surface area contributed by atoms with E-state index in [4.69, 9.17) is 10.5 Å². The summed E-state index contributed by atoms with van der Waals surface area (Å²) in [5, 5.41) is 0. The van der Waals surface area contributed by atoms with Crippen LogP contribution in [0.1, 0.15) is 22.7 Å². The van der Waals surface area contributed by atoms with Crippen molar-refractivity contribution >= 4 is 0 Å². The normalized spacial score (nSPS) is 12.3. The predicted octanol–water partition coefficient (Wildman–Crippen LogP) is 3.33. The minimum Gasteiger partial charge on any atom is -0.494 e. The first-order chi connectivity index (χ1) is 9.04. The SMILES string of the molecule is COc1cccc(C(N)c2ccc(F)c(C)c2)c1F. The van der Waals surface area contributed by atoms with E-state index in [9.17, 15) is 8.78 Å². The van der Waals surface area contributed by atoms with Crippen LogP contribution in [0.2, 0.25) is 0 Å². The average Bonchev–Trinajstić information content (AvgIpc) is 2.41. The van der Waals surface area contributed by atoms with E-state index in [1.165, 1.54) is 19.2 Å². The Morgan fingerprint density at radius 3 is 2.53 bits per heavy atom. The fourth-order valence-electron chi connectivity index (χ4n) is 1.97. The third-order valence-corrected chi connectivity index (χ3v) is 3.09. The van der Waals surface area contributed by atoms with E-state index in [0.29, 0.717) is 16.7 Å². The number of rotatable bonds is 3. The first kappa shape index (κ1) is 13.5. The molecular formula is C15H15F2NO. The summed E-state index contributed by atoms with van der Waals surface area (Å²) in [4.78, 5) is 0. The van der Waals surface area contributed by atoms with Crippen LogP contribution in [0.3, 0.4) is 0 Å². The first-order valence-corrected chi connectivity index (χ1v) is 5.88. The molecule has 0 fully saturated rings. The van der Waals surface area contributed by atoms with Crippen LogP contribution in [0.25, 0.3) is 0 Å². The van der Waals surface area contributed by atoms with Gasteiger partial charge in [0.15, 0.2) is 11.6 Å². The third kappa shape index (κ3) is 2.58. The number of ether oxygens (including phenoxy) is 1. The van der Waals surface area contributed by atoms with Gasteiger partial charge in [-0.2, -0.15) is 0 Å². The van der Waals surface area contributed by atoms with Gasteiger partial charge in [0.05, 0.1) is 13.2 Å². The average molecular weight is 263 g/mol. The van der Waals surface area contributed by atoms with Gasteiger partial charge < -0.3 is 10.5 Å². The van der Waals surface area contributed by atoms with Crippen molar-refractivity contribution in [3.05, 3.63) is 64.7 Å². The topological polar surface area (TPSA) is 35.2 Å². The highest BCUT2D eigenvalue weighted by Crippen LogP contribution is 2.28. The van der Waals surface area contributed by atoms with Gasteiger partial charge >= 0.3 is 0 Å². The van der Waals surface area contributed by atoms with Crippen molar-refractivity contribution in [2.24, 2.45) is 5.73 Å². The highest BCUT2D eigenvalue weighted by Gasteiger charge is 2.17. The highest BCUT2D eigenvalue weighted by molar-refractivity contribution is 5.39. The fraction of sp³-hybridized carbons (Fsp3) is 0.200. The van der Waals surface area contributed by atoms with Crippen LogP contribution in [-0.2, 0) is 0 Å². The second kappa shape index (κ2) is 5.36. The van der Waals surface area contributed by atoms with Crippen molar-refractivity contribution in [2.45, 2.75) is 13.0 Å². The van der Waals surface area contributed by atoms with E-state index in [1.54, 1.807) is 31.2 Å². The maximum absolute atomic E-state index is 14.1. The van der Waals surface area contributed by atoms with E-state index >= 15 is 0 Å². The van der Waals surface area contributed by atoms with Gasteiger partial charge in [-0.25, -0.2) is 8.78 Å². The number of hydrogen-bond donors (Lipinski definition) is 1. The van der Waals surface area contributed by atoms with Crippen LogP contribution in [0.4, 0.5) is 8.78 Å². The number of aryl methyl sites for hydroxylation is 1. The quantitative estimate of drug-likeness (QED) is 0.921. The number of benzene rings is 2. The van der Waals surface area contributed by atoms with Crippen molar-refractivity contribution in [2.75, 3.05) is 7.11 Å². The van der Waals surface area contributed by atoms with Crippen molar-refractivity contribution in [1.82, 2.24) is 0 Å². The lowest BCUT2D eigenvalue weighted by Gasteiger charge is -2.15. The van der Waals surface area contributed by atoms with Gasteiger partial charge in [0, 0.05) is 5.56 Å². The van der Waals surface area contributed by atoms with Crippen LogP contribution in [-0.4, -0.2) is 7.11 Å². The zero-order valence-electron chi connectivity index (χ0n) is 10.8. The molecule has 0 radical (unpaired) electrons. The molecule has 0 aliphatic heterocycles. The second-order valence-electron chi connectivity index (χ2n) is 4.35. The molecule has 0 amide bonds. The third-order valence-electron chi connectivity index (χ3n) is 3.09. The summed E-state index contributed by atoms with van der Waals surface area (Å²) in [5.74, 6) is -0.645. The van der Waals surface area contributed by atoms with Crippen LogP contribution >= 0.6 is 0 Å². The van der Waals surface area contributed by atoms with E-state index in [-0.39, 0.29) is 11.6 Å². The van der Waals surface area contributed by atoms with Gasteiger partial charge in [-0.15, -0.1) is 0 Å². The van der Waals surface area contributed by atoms with E-state index in [0.717, 1.165) is 0 Å². The van der Waals surface area contributed by atoms with Crippen LogP contribution in [0.15, 0.2) is 36.4 Å². The molecule has 0 heterocycles. The summed E-state index contributed by atoms with van der Waals surface area (Å²) < 4.78 is 32.3. The number of hydrogen-bond acceptors (Lipinski definition) is 2. The molecule has 0 saturated heterocycles. The smallest absolute Gasteiger partial charge is 0.170 e. The van der Waals surface area contributed by atoms with Crippen LogP contribution in [0.5, 0.6) is 5.75 Å². The van der Waals surface area contributed by atoms with Crippen molar-refractivity contribution < 1.29 is 13.5 Å². The molecule has 0 aliphatic rings. The van der Waals surface area contributed by atoms with E-state index in [2.05, 4.69) is 0 Å². The van der Waals surface area contributed by atoms with Crippen LogP contribution < -0.4 is 10.5 Å². The summed E-state index contributed by atoms with van der Waals surface area (Å²) in [6, 6.07) is 8.67. The standard InChI is InChI=1S/C15H15F2NO/c1-9-8-10(6-7-12(9)16)15(18)11-4-3-5-13(19-2)14(11)17/h3-8,15H,18H2,1-2H3. The minimum absolute atomic E-state index is 0.145. The van der Waals surface area contributed by atoms with Gasteiger partial charge in [-0.1, -0.05) is 24.3 Å². The number of halogens is 2. The van der Waals surface area contributed by atoms with Gasteiger partial charge in [-0.3, -0.25) is 0 Å². The van der Waals surface area contributed by atoms with Crippen molar-refractivity contribution in [3.63, 3.8) is 0 Å². The largest absolute Gasteiger partial charge is 0.494 e. The molecule has 2 aromatic rings. The Morgan fingerprint density at radius 2 is 1.89 bits per heavy atom. The fourth-order valence-corrected chi connectivity index (χ4v) is 1.97. The second-order valence-corrected chi connectivity index (χ2v) is 4.35. The highest BCUT2D eigenvalue weighted by atomic mass is 19.1. The Bertz CT molecular complexity index is 599. The summed E-state index contributed by atoms with van der Waals surface area (Å²) in [5.41, 5.74) is 7.51. The Morgan fingerprint density at radius 1 is 1.16 bits per heavy atom. The lowest BCUT2D eigenvalue weighted by Crippen LogP contribution is -2.14. The monoisotopic (exact) mass is 263 g/mol. The van der Waals surface area contributed by atoms with Gasteiger partial charge in [0.25, 0.3) is 0 Å². The molecule has 2 N–H and O–H groups in total. The van der Waals surface area contributed by atoms with Crippen LogP contribution in [0, 0.1) is 18.6 Å². The van der Waals surface area contributed by atoms with E-state index < -0.39 is 11.9 Å². The molecule has 19 heavy (non-hydrogen) atoms. The van der Waals surface area contributed by atoms with E-state index in [1.807, 2.05) is 0 Å². The molecule has 0 spiro atoms. The van der Waals surface area contributed by atoms with Gasteiger partial charge in [0.2, 0.25) is 0 Å². The maximum atomic E-state index is 14.1. The maximum Gasteiger partial charge on any atom is 0.170 e. The Kier molecular flexibility index (Phi) is 3.81. The lowest BCUT2D eigenvalue weighted by molar-refractivity contribution is 0.383. The molecule has 2 rings (SSSR count). The van der Waals surface area contributed by atoms with Crippen molar-refractivity contribution in [1.29, 1.82) is 0 Å². The van der Waals surface area contributed by atoms with Gasteiger partial charge in [0.1, 0.15) is 5.82 Å². The Hall–Kier alpha value is -1.94. The number of methoxy groups -OCH3 is 1. The molecule has 2 aromatic carbocycles. The Labute approximate surface area is 110 Å². The number of nitrogens with two attached hydrogens (primary N) is 1. The molecule has 0 bridgehead atoms. The molecule has 1 unspecified atom stereocenters. The molecular weight excluding hydrogens is 248 g/mol. The molecule has 4 heteroatoms. The summed E-state index contributed by atoms with van der Waals surface area (Å²) in [6.07, 6.45) is 0. The summed E-state index contributed by atoms with van der Waals surface area (Å²) in [7, 11) is 1.40. The summed E-state index contributed by atoms with van der Waals surface area (Å²) in [6.45, 7) is 1.65. The molecule has 0 aromatic heterocycles. The molecule has 100 valence electrons. The molecule has 2 nitrogen and oxygen atoms in total. The molecule has 0 aliphatic carbocycles. The Balaban J connectivity index is 2.43. The predicted molar refractivity (Wildman–Crippen MR) is 70.1 cm³/mol. The summed E-state index contributed by atoms with van der Waals surface area (Å²) >= 11 is 0. The molecule has 1 atom stereocenters. The first-order valence-electron chi connectivity index (χ1n) is 5.88.